The van der Waals surface area contributed by atoms with E-state index in [1.165, 1.54) is 0 Å². The molecule has 5 heteroatoms. The summed E-state index contributed by atoms with van der Waals surface area (Å²) < 4.78 is 6.77. The lowest BCUT2D eigenvalue weighted by Crippen LogP contribution is -2.45. The fourth-order valence-corrected chi connectivity index (χ4v) is 2.82. The number of benzene rings is 1. The Kier molecular flexibility index (Phi) is 5.86. The highest BCUT2D eigenvalue weighted by molar-refractivity contribution is 9.10. The molecule has 0 aromatic heterocycles. The van der Waals surface area contributed by atoms with Crippen LogP contribution in [0.5, 0.6) is 5.75 Å². The van der Waals surface area contributed by atoms with Gasteiger partial charge in [-0.25, -0.2) is 0 Å². The average Bonchev–Trinajstić information content (AvgIpc) is 2.40. The van der Waals surface area contributed by atoms with Gasteiger partial charge in [0.1, 0.15) is 12.4 Å². The second-order valence-corrected chi connectivity index (χ2v) is 6.04. The standard InChI is InChI=1S/C15H21BrN2O2/c1-12(19)17-14-5-7-18(8-6-14)9-10-20-15-4-2-3-13(16)11-15/h2-4,11,14H,5-10H2,1H3,(H,17,19). The first-order valence-electron chi connectivity index (χ1n) is 7.01. The smallest absolute Gasteiger partial charge is 0.217 e. The summed E-state index contributed by atoms with van der Waals surface area (Å²) >= 11 is 3.43. The fourth-order valence-electron chi connectivity index (χ4n) is 2.44. The number of ether oxygens (including phenoxy) is 1. The third-order valence-corrected chi connectivity index (χ3v) is 3.96. The number of carbonyl (C=O) groups excluding carboxylic acids is 1. The number of amides is 1. The van der Waals surface area contributed by atoms with Gasteiger partial charge in [0.15, 0.2) is 0 Å². The Morgan fingerprint density at radius 2 is 2.20 bits per heavy atom. The molecule has 110 valence electrons. The first-order chi connectivity index (χ1) is 9.63. The summed E-state index contributed by atoms with van der Waals surface area (Å²) in [5.74, 6) is 0.967. The Morgan fingerprint density at radius 1 is 1.45 bits per heavy atom. The van der Waals surface area contributed by atoms with Crippen LogP contribution in [0.1, 0.15) is 19.8 Å². The topological polar surface area (TPSA) is 41.6 Å². The molecule has 0 bridgehead atoms. The van der Waals surface area contributed by atoms with Crippen LogP contribution in [0.25, 0.3) is 0 Å². The predicted octanol–water partition coefficient (Wildman–Crippen LogP) is 2.43. The van der Waals surface area contributed by atoms with Crippen molar-refractivity contribution in [3.63, 3.8) is 0 Å². The maximum atomic E-state index is 11.0. The van der Waals surface area contributed by atoms with Crippen LogP contribution in [-0.4, -0.2) is 43.1 Å². The van der Waals surface area contributed by atoms with E-state index >= 15 is 0 Å². The van der Waals surface area contributed by atoms with E-state index in [2.05, 4.69) is 26.1 Å². The van der Waals surface area contributed by atoms with Crippen molar-refractivity contribution in [3.05, 3.63) is 28.7 Å². The highest BCUT2D eigenvalue weighted by Crippen LogP contribution is 2.18. The van der Waals surface area contributed by atoms with E-state index in [-0.39, 0.29) is 5.91 Å². The van der Waals surface area contributed by atoms with Crippen LogP contribution in [0.15, 0.2) is 28.7 Å². The zero-order valence-electron chi connectivity index (χ0n) is 11.8. The molecule has 1 fully saturated rings. The second-order valence-electron chi connectivity index (χ2n) is 5.12. The Balaban J connectivity index is 1.65. The lowest BCUT2D eigenvalue weighted by Gasteiger charge is -2.31. The average molecular weight is 341 g/mol. The molecular weight excluding hydrogens is 320 g/mol. The number of nitrogens with zero attached hydrogens (tertiary/aromatic N) is 1. The van der Waals surface area contributed by atoms with Crippen molar-refractivity contribution in [2.24, 2.45) is 0 Å². The minimum Gasteiger partial charge on any atom is -0.492 e. The van der Waals surface area contributed by atoms with Crippen molar-refractivity contribution < 1.29 is 9.53 Å². The molecule has 0 aliphatic carbocycles. The van der Waals surface area contributed by atoms with E-state index in [1.807, 2.05) is 24.3 Å². The molecule has 1 amide bonds. The van der Waals surface area contributed by atoms with Gasteiger partial charge in [0, 0.05) is 37.1 Å². The minimum absolute atomic E-state index is 0.0708. The predicted molar refractivity (Wildman–Crippen MR) is 82.9 cm³/mol. The van der Waals surface area contributed by atoms with E-state index in [0.717, 1.165) is 42.7 Å². The van der Waals surface area contributed by atoms with Crippen LogP contribution in [0.3, 0.4) is 0 Å². The monoisotopic (exact) mass is 340 g/mol. The number of nitrogens with one attached hydrogen (secondary N) is 1. The number of carbonyl (C=O) groups is 1. The Hall–Kier alpha value is -1.07. The van der Waals surface area contributed by atoms with E-state index in [1.54, 1.807) is 6.92 Å². The second kappa shape index (κ2) is 7.64. The highest BCUT2D eigenvalue weighted by Gasteiger charge is 2.19. The molecule has 0 unspecified atom stereocenters. The highest BCUT2D eigenvalue weighted by atomic mass is 79.9. The normalized spacial score (nSPS) is 16.9. The van der Waals surface area contributed by atoms with E-state index < -0.39 is 0 Å². The molecular formula is C15H21BrN2O2. The number of piperidine rings is 1. The van der Waals surface area contributed by atoms with E-state index in [0.29, 0.717) is 12.6 Å². The maximum absolute atomic E-state index is 11.0. The van der Waals surface area contributed by atoms with Gasteiger partial charge in [-0.05, 0) is 31.0 Å². The summed E-state index contributed by atoms with van der Waals surface area (Å²) in [4.78, 5) is 13.4. The van der Waals surface area contributed by atoms with Gasteiger partial charge in [-0.15, -0.1) is 0 Å². The number of hydrogen-bond acceptors (Lipinski definition) is 3. The molecule has 1 aromatic rings. The number of halogens is 1. The molecule has 1 aromatic carbocycles. The molecule has 0 radical (unpaired) electrons. The zero-order valence-corrected chi connectivity index (χ0v) is 13.4. The van der Waals surface area contributed by atoms with Crippen molar-refractivity contribution in [2.75, 3.05) is 26.2 Å². The summed E-state index contributed by atoms with van der Waals surface area (Å²) in [5, 5.41) is 2.99. The SMILES string of the molecule is CC(=O)NC1CCN(CCOc2cccc(Br)c2)CC1. The molecule has 1 aliphatic heterocycles. The molecule has 1 heterocycles. The molecule has 0 spiro atoms. The Morgan fingerprint density at radius 3 is 2.85 bits per heavy atom. The fraction of sp³-hybridized carbons (Fsp3) is 0.533. The Labute approximate surface area is 128 Å². The van der Waals surface area contributed by atoms with Crippen LogP contribution in [0.4, 0.5) is 0 Å². The van der Waals surface area contributed by atoms with Crippen LogP contribution in [-0.2, 0) is 4.79 Å². The van der Waals surface area contributed by atoms with Crippen LogP contribution >= 0.6 is 15.9 Å². The molecule has 0 saturated carbocycles. The first-order valence-corrected chi connectivity index (χ1v) is 7.80. The third kappa shape index (κ3) is 5.13. The molecule has 20 heavy (non-hydrogen) atoms. The third-order valence-electron chi connectivity index (χ3n) is 3.47. The van der Waals surface area contributed by atoms with Crippen molar-refractivity contribution in [3.8, 4) is 5.75 Å². The molecule has 1 saturated heterocycles. The number of hydrogen-bond donors (Lipinski definition) is 1. The van der Waals surface area contributed by atoms with Crippen LogP contribution < -0.4 is 10.1 Å². The van der Waals surface area contributed by atoms with Gasteiger partial charge in [0.2, 0.25) is 5.91 Å². The van der Waals surface area contributed by atoms with Crippen molar-refractivity contribution >= 4 is 21.8 Å². The van der Waals surface area contributed by atoms with Gasteiger partial charge in [0.05, 0.1) is 0 Å². The van der Waals surface area contributed by atoms with Gasteiger partial charge in [-0.3, -0.25) is 9.69 Å². The first kappa shape index (κ1) is 15.3. The van der Waals surface area contributed by atoms with Crippen LogP contribution in [0, 0.1) is 0 Å². The summed E-state index contributed by atoms with van der Waals surface area (Å²) in [5.41, 5.74) is 0. The Bertz CT molecular complexity index is 445. The van der Waals surface area contributed by atoms with Crippen molar-refractivity contribution in [2.45, 2.75) is 25.8 Å². The lowest BCUT2D eigenvalue weighted by atomic mass is 10.1. The number of likely N-dealkylation sites (tertiary alicyclic amines) is 1. The lowest BCUT2D eigenvalue weighted by molar-refractivity contribution is -0.119. The molecule has 1 aliphatic rings. The van der Waals surface area contributed by atoms with E-state index in [4.69, 9.17) is 4.74 Å². The van der Waals surface area contributed by atoms with Gasteiger partial charge in [-0.1, -0.05) is 22.0 Å². The van der Waals surface area contributed by atoms with Gasteiger partial charge in [-0.2, -0.15) is 0 Å². The quantitative estimate of drug-likeness (QED) is 0.894. The van der Waals surface area contributed by atoms with Crippen molar-refractivity contribution in [1.82, 2.24) is 10.2 Å². The van der Waals surface area contributed by atoms with E-state index in [9.17, 15) is 4.79 Å². The molecule has 1 N–H and O–H groups in total. The minimum atomic E-state index is 0.0708. The summed E-state index contributed by atoms with van der Waals surface area (Å²) in [6.45, 7) is 5.25. The van der Waals surface area contributed by atoms with Gasteiger partial charge in [0.25, 0.3) is 0 Å². The summed E-state index contributed by atoms with van der Waals surface area (Å²) in [7, 11) is 0. The maximum Gasteiger partial charge on any atom is 0.217 e. The largest absolute Gasteiger partial charge is 0.492 e. The zero-order chi connectivity index (χ0) is 14.4. The number of rotatable bonds is 5. The van der Waals surface area contributed by atoms with Crippen LogP contribution in [0.2, 0.25) is 0 Å². The van der Waals surface area contributed by atoms with Crippen molar-refractivity contribution in [1.29, 1.82) is 0 Å². The molecule has 0 atom stereocenters. The summed E-state index contributed by atoms with van der Waals surface area (Å²) in [6, 6.07) is 8.24. The molecule has 4 nitrogen and oxygen atoms in total. The van der Waals surface area contributed by atoms with Gasteiger partial charge < -0.3 is 10.1 Å². The summed E-state index contributed by atoms with van der Waals surface area (Å²) in [6.07, 6.45) is 2.05. The van der Waals surface area contributed by atoms with Gasteiger partial charge >= 0.3 is 0 Å². The molecule has 2 rings (SSSR count).